The van der Waals surface area contributed by atoms with Gasteiger partial charge in [0.25, 0.3) is 0 Å². The van der Waals surface area contributed by atoms with Crippen LogP contribution < -0.4 is 0 Å². The number of rotatable bonds is 6. The standard InChI is InChI=1S/C21H26O2/c1-21(2)19-13-15(5-3-11-22)7-9-17(19)18-10-8-16(6-4-12-23)14-20(18)21/h7-10,13-14,22-23H,3-6,11-12H2,1-2H3. The van der Waals surface area contributed by atoms with Gasteiger partial charge in [-0.2, -0.15) is 0 Å². The van der Waals surface area contributed by atoms with Gasteiger partial charge in [0, 0.05) is 18.6 Å². The number of aliphatic hydroxyl groups excluding tert-OH is 2. The van der Waals surface area contributed by atoms with Crippen molar-refractivity contribution in [2.24, 2.45) is 0 Å². The second kappa shape index (κ2) is 6.46. The molecular formula is C21H26O2. The summed E-state index contributed by atoms with van der Waals surface area (Å²) in [5, 5.41) is 18.1. The highest BCUT2D eigenvalue weighted by molar-refractivity contribution is 5.81. The Morgan fingerprint density at radius 3 is 1.57 bits per heavy atom. The maximum Gasteiger partial charge on any atom is 0.0434 e. The third kappa shape index (κ3) is 2.93. The third-order valence-corrected chi connectivity index (χ3v) is 5.05. The molecule has 0 saturated carbocycles. The van der Waals surface area contributed by atoms with E-state index < -0.39 is 0 Å². The lowest BCUT2D eigenvalue weighted by Gasteiger charge is -2.22. The fourth-order valence-corrected chi connectivity index (χ4v) is 3.71. The summed E-state index contributed by atoms with van der Waals surface area (Å²) in [6, 6.07) is 13.5. The smallest absolute Gasteiger partial charge is 0.0434 e. The van der Waals surface area contributed by atoms with Crippen LogP contribution in [-0.4, -0.2) is 23.4 Å². The molecule has 2 aromatic carbocycles. The van der Waals surface area contributed by atoms with E-state index in [1.165, 1.54) is 33.4 Å². The van der Waals surface area contributed by atoms with Crippen LogP contribution in [-0.2, 0) is 18.3 Å². The van der Waals surface area contributed by atoms with Crippen molar-refractivity contribution in [2.45, 2.75) is 44.9 Å². The van der Waals surface area contributed by atoms with Crippen LogP contribution in [0.1, 0.15) is 48.9 Å². The molecule has 0 amide bonds. The zero-order valence-corrected chi connectivity index (χ0v) is 14.1. The van der Waals surface area contributed by atoms with Crippen molar-refractivity contribution in [1.82, 2.24) is 0 Å². The Bertz CT molecular complexity index is 641. The lowest BCUT2D eigenvalue weighted by Crippen LogP contribution is -2.15. The van der Waals surface area contributed by atoms with Gasteiger partial charge in [0.05, 0.1) is 0 Å². The molecule has 2 N–H and O–H groups in total. The van der Waals surface area contributed by atoms with Crippen molar-refractivity contribution in [2.75, 3.05) is 13.2 Å². The van der Waals surface area contributed by atoms with Crippen molar-refractivity contribution in [3.05, 3.63) is 58.7 Å². The van der Waals surface area contributed by atoms with E-state index in [4.69, 9.17) is 10.2 Å². The van der Waals surface area contributed by atoms with Gasteiger partial charge in [-0.25, -0.2) is 0 Å². The van der Waals surface area contributed by atoms with Crippen LogP contribution >= 0.6 is 0 Å². The van der Waals surface area contributed by atoms with Crippen LogP contribution in [0.15, 0.2) is 36.4 Å². The van der Waals surface area contributed by atoms with Crippen LogP contribution in [0.4, 0.5) is 0 Å². The topological polar surface area (TPSA) is 40.5 Å². The molecule has 3 rings (SSSR count). The van der Waals surface area contributed by atoms with E-state index in [9.17, 15) is 0 Å². The Labute approximate surface area is 138 Å². The molecule has 0 fully saturated rings. The Morgan fingerprint density at radius 2 is 1.17 bits per heavy atom. The van der Waals surface area contributed by atoms with Gasteiger partial charge in [-0.1, -0.05) is 50.2 Å². The van der Waals surface area contributed by atoms with Gasteiger partial charge < -0.3 is 10.2 Å². The second-order valence-electron chi connectivity index (χ2n) is 7.04. The second-order valence-corrected chi connectivity index (χ2v) is 7.04. The van der Waals surface area contributed by atoms with E-state index in [1.54, 1.807) is 0 Å². The highest BCUT2D eigenvalue weighted by Crippen LogP contribution is 2.49. The van der Waals surface area contributed by atoms with Gasteiger partial charge in [0.1, 0.15) is 0 Å². The number of fused-ring (bicyclic) bond motifs is 3. The number of aliphatic hydroxyl groups is 2. The van der Waals surface area contributed by atoms with Crippen molar-refractivity contribution in [1.29, 1.82) is 0 Å². The van der Waals surface area contributed by atoms with Gasteiger partial charge in [0.2, 0.25) is 0 Å². The molecule has 0 heterocycles. The molecule has 1 aliphatic carbocycles. The summed E-state index contributed by atoms with van der Waals surface area (Å²) in [6.45, 7) is 5.08. The first kappa shape index (κ1) is 16.2. The van der Waals surface area contributed by atoms with Gasteiger partial charge in [-0.05, 0) is 59.1 Å². The highest BCUT2D eigenvalue weighted by atomic mass is 16.3. The molecule has 0 bridgehead atoms. The fourth-order valence-electron chi connectivity index (χ4n) is 3.71. The molecule has 0 atom stereocenters. The average Bonchev–Trinajstić information content (AvgIpc) is 2.78. The normalized spacial score (nSPS) is 14.6. The van der Waals surface area contributed by atoms with Crippen molar-refractivity contribution < 1.29 is 10.2 Å². The Hall–Kier alpha value is -1.64. The molecule has 122 valence electrons. The first-order chi connectivity index (χ1) is 11.1. The van der Waals surface area contributed by atoms with Crippen molar-refractivity contribution in [3.8, 4) is 11.1 Å². The summed E-state index contributed by atoms with van der Waals surface area (Å²) in [4.78, 5) is 0. The molecule has 2 aromatic rings. The summed E-state index contributed by atoms with van der Waals surface area (Å²) < 4.78 is 0. The SMILES string of the molecule is CC1(C)c2cc(CCCO)ccc2-c2ccc(CCCO)cc21. The minimum atomic E-state index is 0.00904. The first-order valence-corrected chi connectivity index (χ1v) is 8.57. The summed E-state index contributed by atoms with van der Waals surface area (Å²) in [7, 11) is 0. The summed E-state index contributed by atoms with van der Waals surface area (Å²) >= 11 is 0. The molecule has 0 aromatic heterocycles. The van der Waals surface area contributed by atoms with E-state index >= 15 is 0 Å². The molecule has 23 heavy (non-hydrogen) atoms. The maximum absolute atomic E-state index is 9.05. The predicted octanol–water partition coefficient (Wildman–Crippen LogP) is 3.84. The first-order valence-electron chi connectivity index (χ1n) is 8.57. The average molecular weight is 310 g/mol. The number of hydrogen-bond donors (Lipinski definition) is 2. The maximum atomic E-state index is 9.05. The van der Waals surface area contributed by atoms with E-state index in [0.29, 0.717) is 0 Å². The molecule has 2 heteroatoms. The Morgan fingerprint density at radius 1 is 0.739 bits per heavy atom. The van der Waals surface area contributed by atoms with Gasteiger partial charge >= 0.3 is 0 Å². The van der Waals surface area contributed by atoms with E-state index in [-0.39, 0.29) is 18.6 Å². The van der Waals surface area contributed by atoms with Crippen molar-refractivity contribution in [3.63, 3.8) is 0 Å². The van der Waals surface area contributed by atoms with Crippen LogP contribution in [0.5, 0.6) is 0 Å². The third-order valence-electron chi connectivity index (χ3n) is 5.05. The lowest BCUT2D eigenvalue weighted by molar-refractivity contribution is 0.288. The molecule has 0 unspecified atom stereocenters. The largest absolute Gasteiger partial charge is 0.396 e. The van der Waals surface area contributed by atoms with Crippen molar-refractivity contribution >= 4 is 0 Å². The zero-order chi connectivity index (χ0) is 16.4. The van der Waals surface area contributed by atoms with Gasteiger partial charge in [0.15, 0.2) is 0 Å². The number of hydrogen-bond acceptors (Lipinski definition) is 2. The molecule has 2 nitrogen and oxygen atoms in total. The molecule has 0 saturated heterocycles. The van der Waals surface area contributed by atoms with Crippen LogP contribution in [0, 0.1) is 0 Å². The molecule has 1 aliphatic rings. The highest BCUT2D eigenvalue weighted by Gasteiger charge is 2.35. The Balaban J connectivity index is 1.99. The van der Waals surface area contributed by atoms with E-state index in [0.717, 1.165) is 25.7 Å². The minimum Gasteiger partial charge on any atom is -0.396 e. The van der Waals surface area contributed by atoms with Crippen LogP contribution in [0.25, 0.3) is 11.1 Å². The monoisotopic (exact) mass is 310 g/mol. The Kier molecular flexibility index (Phi) is 4.56. The number of benzene rings is 2. The molecular weight excluding hydrogens is 284 g/mol. The zero-order valence-electron chi connectivity index (χ0n) is 14.1. The molecule has 0 spiro atoms. The molecule has 0 aliphatic heterocycles. The predicted molar refractivity (Wildman–Crippen MR) is 94.8 cm³/mol. The van der Waals surface area contributed by atoms with Gasteiger partial charge in [-0.3, -0.25) is 0 Å². The van der Waals surface area contributed by atoms with E-state index in [1.807, 2.05) is 0 Å². The number of aryl methyl sites for hydroxylation is 2. The van der Waals surface area contributed by atoms with Gasteiger partial charge in [-0.15, -0.1) is 0 Å². The summed E-state index contributed by atoms with van der Waals surface area (Å²) in [5.41, 5.74) is 8.08. The van der Waals surface area contributed by atoms with Crippen LogP contribution in [0.2, 0.25) is 0 Å². The van der Waals surface area contributed by atoms with Crippen LogP contribution in [0.3, 0.4) is 0 Å². The minimum absolute atomic E-state index is 0.00904. The fraction of sp³-hybridized carbons (Fsp3) is 0.429. The quantitative estimate of drug-likeness (QED) is 0.851. The van der Waals surface area contributed by atoms with E-state index in [2.05, 4.69) is 50.2 Å². The summed E-state index contributed by atoms with van der Waals surface area (Å²) in [5.74, 6) is 0. The lowest BCUT2D eigenvalue weighted by atomic mass is 9.81. The molecule has 0 radical (unpaired) electrons. The summed E-state index contributed by atoms with van der Waals surface area (Å²) in [6.07, 6.45) is 3.49.